The predicted octanol–water partition coefficient (Wildman–Crippen LogP) is 3.92. The molecule has 4 rings (SSSR count). The van der Waals surface area contributed by atoms with E-state index in [2.05, 4.69) is 21.4 Å². The van der Waals surface area contributed by atoms with Crippen molar-refractivity contribution in [3.63, 3.8) is 0 Å². The number of amides is 1. The minimum atomic E-state index is -0.332. The minimum Gasteiger partial charge on any atom is -0.352 e. The molecule has 1 aliphatic heterocycles. The fourth-order valence-electron chi connectivity index (χ4n) is 3.47. The first-order chi connectivity index (χ1) is 13.6. The molecule has 0 bridgehead atoms. The van der Waals surface area contributed by atoms with Gasteiger partial charge in [0, 0.05) is 47.7 Å². The molecule has 2 aromatic carbocycles. The number of fused-ring (bicyclic) bond motifs is 1. The molecule has 5 nitrogen and oxygen atoms in total. The van der Waals surface area contributed by atoms with Crippen LogP contribution in [-0.2, 0) is 4.79 Å². The molecular weight excluding hydrogens is 379 g/mol. The molecule has 142 valence electrons. The van der Waals surface area contributed by atoms with Crippen LogP contribution >= 0.6 is 11.6 Å². The molecule has 28 heavy (non-hydrogen) atoms. The summed E-state index contributed by atoms with van der Waals surface area (Å²) < 4.78 is 14.2. The molecule has 0 N–H and O–H groups in total. The van der Waals surface area contributed by atoms with Gasteiger partial charge in [-0.05, 0) is 24.3 Å². The van der Waals surface area contributed by atoms with Crippen molar-refractivity contribution in [2.24, 2.45) is 0 Å². The molecule has 0 radical (unpaired) electrons. The van der Waals surface area contributed by atoms with Gasteiger partial charge in [-0.3, -0.25) is 4.79 Å². The largest absolute Gasteiger partial charge is 0.352 e. The zero-order valence-electron chi connectivity index (χ0n) is 15.1. The number of carbonyl (C=O) groups is 1. The molecule has 0 spiro atoms. The molecule has 2 heterocycles. The number of aromatic nitrogens is 2. The fourth-order valence-corrected chi connectivity index (χ4v) is 3.73. The van der Waals surface area contributed by atoms with Crippen LogP contribution in [0.3, 0.4) is 0 Å². The second-order valence-electron chi connectivity index (χ2n) is 6.54. The lowest BCUT2D eigenvalue weighted by molar-refractivity contribution is -0.126. The van der Waals surface area contributed by atoms with Gasteiger partial charge >= 0.3 is 0 Å². The first-order valence-corrected chi connectivity index (χ1v) is 9.31. The second kappa shape index (κ2) is 7.56. The van der Waals surface area contributed by atoms with Crippen LogP contribution in [0.15, 0.2) is 55.4 Å². The molecular formula is C21H18ClFN4O. The first-order valence-electron chi connectivity index (χ1n) is 8.94. The number of rotatable bonds is 3. The van der Waals surface area contributed by atoms with Crippen molar-refractivity contribution >= 4 is 34.2 Å². The molecule has 1 amide bonds. The average Bonchev–Trinajstić information content (AvgIpc) is 2.73. The highest BCUT2D eigenvalue weighted by molar-refractivity contribution is 6.34. The van der Waals surface area contributed by atoms with Crippen LogP contribution in [0.1, 0.15) is 0 Å². The Hall–Kier alpha value is -2.99. The summed E-state index contributed by atoms with van der Waals surface area (Å²) in [6, 6.07) is 10.1. The lowest BCUT2D eigenvalue weighted by atomic mass is 10.0. The Bertz CT molecular complexity index is 1060. The van der Waals surface area contributed by atoms with Crippen molar-refractivity contribution in [1.82, 2.24) is 14.9 Å². The maximum atomic E-state index is 14.2. The fraction of sp³-hybridized carbons (Fsp3) is 0.190. The third-order valence-electron chi connectivity index (χ3n) is 4.93. The van der Waals surface area contributed by atoms with E-state index < -0.39 is 0 Å². The van der Waals surface area contributed by atoms with Crippen LogP contribution in [0, 0.1) is 5.82 Å². The number of anilines is 1. The molecule has 0 atom stereocenters. The SMILES string of the molecule is C=CC(=O)N1CCN(c2ncnc3cc(-c4ccccc4F)c(Cl)cc23)CC1. The van der Waals surface area contributed by atoms with Crippen LogP contribution in [0.4, 0.5) is 10.2 Å². The van der Waals surface area contributed by atoms with Gasteiger partial charge in [0.15, 0.2) is 0 Å². The van der Waals surface area contributed by atoms with Gasteiger partial charge in [0.1, 0.15) is 18.0 Å². The third-order valence-corrected chi connectivity index (χ3v) is 5.25. The minimum absolute atomic E-state index is 0.0650. The summed E-state index contributed by atoms with van der Waals surface area (Å²) in [7, 11) is 0. The van der Waals surface area contributed by atoms with Crippen molar-refractivity contribution in [2.45, 2.75) is 0 Å². The van der Waals surface area contributed by atoms with Gasteiger partial charge in [-0.15, -0.1) is 0 Å². The summed E-state index contributed by atoms with van der Waals surface area (Å²) in [6.07, 6.45) is 2.83. The summed E-state index contributed by atoms with van der Waals surface area (Å²) in [4.78, 5) is 24.4. The van der Waals surface area contributed by atoms with Crippen molar-refractivity contribution in [3.05, 3.63) is 66.2 Å². The van der Waals surface area contributed by atoms with Crippen molar-refractivity contribution in [2.75, 3.05) is 31.1 Å². The Morgan fingerprint density at radius 1 is 1.11 bits per heavy atom. The number of hydrogen-bond acceptors (Lipinski definition) is 4. The molecule has 1 aliphatic rings. The van der Waals surface area contributed by atoms with Crippen molar-refractivity contribution in [1.29, 1.82) is 0 Å². The van der Waals surface area contributed by atoms with E-state index in [1.807, 2.05) is 0 Å². The van der Waals surface area contributed by atoms with E-state index in [1.165, 1.54) is 18.5 Å². The zero-order chi connectivity index (χ0) is 19.7. The van der Waals surface area contributed by atoms with Crippen LogP contribution < -0.4 is 4.90 Å². The van der Waals surface area contributed by atoms with E-state index in [9.17, 15) is 9.18 Å². The summed E-state index contributed by atoms with van der Waals surface area (Å²) in [5.74, 6) is 0.364. The maximum absolute atomic E-state index is 14.2. The Morgan fingerprint density at radius 3 is 2.57 bits per heavy atom. The Balaban J connectivity index is 1.70. The smallest absolute Gasteiger partial charge is 0.246 e. The Labute approximate surface area is 167 Å². The van der Waals surface area contributed by atoms with E-state index in [-0.39, 0.29) is 11.7 Å². The van der Waals surface area contributed by atoms with Gasteiger partial charge in [-0.25, -0.2) is 14.4 Å². The summed E-state index contributed by atoms with van der Waals surface area (Å²) in [5, 5.41) is 1.24. The standard InChI is InChI=1S/C21H18ClFN4O/c1-2-20(28)26-7-9-27(10-8-26)21-16-11-17(22)15(12-19(16)24-13-25-21)14-5-3-4-6-18(14)23/h2-6,11-13H,1,7-10H2. The lowest BCUT2D eigenvalue weighted by Gasteiger charge is -2.35. The highest BCUT2D eigenvalue weighted by atomic mass is 35.5. The highest BCUT2D eigenvalue weighted by Crippen LogP contribution is 2.35. The number of halogens is 2. The predicted molar refractivity (Wildman–Crippen MR) is 109 cm³/mol. The summed E-state index contributed by atoms with van der Waals surface area (Å²) in [6.45, 7) is 6.03. The van der Waals surface area contributed by atoms with E-state index >= 15 is 0 Å². The molecule has 7 heteroatoms. The number of benzene rings is 2. The van der Waals surface area contributed by atoms with Crippen LogP contribution in [0.2, 0.25) is 5.02 Å². The molecule has 0 saturated carbocycles. The number of piperazine rings is 1. The van der Waals surface area contributed by atoms with Gasteiger partial charge < -0.3 is 9.80 Å². The van der Waals surface area contributed by atoms with Crippen LogP contribution in [0.5, 0.6) is 0 Å². The molecule has 1 aromatic heterocycles. The average molecular weight is 397 g/mol. The van der Waals surface area contributed by atoms with E-state index in [1.54, 1.807) is 35.2 Å². The molecule has 1 fully saturated rings. The third kappa shape index (κ3) is 3.31. The van der Waals surface area contributed by atoms with Gasteiger partial charge in [0.25, 0.3) is 0 Å². The van der Waals surface area contributed by atoms with Crippen LogP contribution in [-0.4, -0.2) is 47.0 Å². The van der Waals surface area contributed by atoms with Crippen molar-refractivity contribution in [3.8, 4) is 11.1 Å². The zero-order valence-corrected chi connectivity index (χ0v) is 15.9. The molecule has 0 unspecified atom stereocenters. The van der Waals surface area contributed by atoms with Crippen LogP contribution in [0.25, 0.3) is 22.0 Å². The van der Waals surface area contributed by atoms with Gasteiger partial charge in [0.2, 0.25) is 5.91 Å². The number of nitrogens with zero attached hydrogens (tertiary/aromatic N) is 4. The molecule has 3 aromatic rings. The Kier molecular flexibility index (Phi) is 4.96. The van der Waals surface area contributed by atoms with Gasteiger partial charge in [-0.2, -0.15) is 0 Å². The normalized spacial score (nSPS) is 14.4. The summed E-state index contributed by atoms with van der Waals surface area (Å²) >= 11 is 6.50. The quantitative estimate of drug-likeness (QED) is 0.629. The number of carbonyl (C=O) groups excluding carboxylic acids is 1. The van der Waals surface area contributed by atoms with E-state index in [0.29, 0.717) is 47.8 Å². The number of hydrogen-bond donors (Lipinski definition) is 0. The topological polar surface area (TPSA) is 49.3 Å². The highest BCUT2D eigenvalue weighted by Gasteiger charge is 2.22. The van der Waals surface area contributed by atoms with Crippen molar-refractivity contribution < 1.29 is 9.18 Å². The Morgan fingerprint density at radius 2 is 1.86 bits per heavy atom. The second-order valence-corrected chi connectivity index (χ2v) is 6.95. The van der Waals surface area contributed by atoms with Gasteiger partial charge in [0.05, 0.1) is 5.52 Å². The van der Waals surface area contributed by atoms with E-state index in [0.717, 1.165) is 11.2 Å². The van der Waals surface area contributed by atoms with E-state index in [4.69, 9.17) is 11.6 Å². The van der Waals surface area contributed by atoms with Gasteiger partial charge in [-0.1, -0.05) is 36.4 Å². The lowest BCUT2D eigenvalue weighted by Crippen LogP contribution is -2.48. The molecule has 1 saturated heterocycles. The summed E-state index contributed by atoms with van der Waals surface area (Å²) in [5.41, 5.74) is 1.72. The monoisotopic (exact) mass is 396 g/mol. The maximum Gasteiger partial charge on any atom is 0.246 e. The first kappa shape index (κ1) is 18.4. The molecule has 0 aliphatic carbocycles.